The second kappa shape index (κ2) is 5.41. The van der Waals surface area contributed by atoms with E-state index in [4.69, 9.17) is 15.3 Å². The van der Waals surface area contributed by atoms with Gasteiger partial charge in [0, 0.05) is 6.61 Å². The molecule has 0 radical (unpaired) electrons. The number of rotatable bonds is 6. The molecule has 2 aromatic rings. The smallest absolute Gasteiger partial charge is 0.242 e. The van der Waals surface area contributed by atoms with Gasteiger partial charge in [0.15, 0.2) is 5.65 Å². The fourth-order valence-corrected chi connectivity index (χ4v) is 1.32. The van der Waals surface area contributed by atoms with E-state index in [2.05, 4.69) is 25.6 Å². The van der Waals surface area contributed by atoms with Gasteiger partial charge < -0.3 is 9.47 Å². The van der Waals surface area contributed by atoms with Gasteiger partial charge >= 0.3 is 0 Å². The predicted molar refractivity (Wildman–Crippen MR) is 61.5 cm³/mol. The number of nitrogen functional groups attached to an aromatic ring is 1. The zero-order valence-electron chi connectivity index (χ0n) is 9.43. The normalized spacial score (nSPS) is 10.7. The van der Waals surface area contributed by atoms with E-state index in [-0.39, 0.29) is 5.95 Å². The molecular weight excluding hydrogens is 224 g/mol. The first-order valence-electron chi connectivity index (χ1n) is 5.23. The third kappa shape index (κ3) is 2.60. The standard InChI is InChI=1S/C9H14N6O2/c1-2-16-3-4-17-8-6-5-11-15-7(6)12-9(13-8)14-10/h5H,2-4,10H2,1H3,(H2,11,12,13,14,15). The van der Waals surface area contributed by atoms with Crippen molar-refractivity contribution in [2.75, 3.05) is 25.2 Å². The van der Waals surface area contributed by atoms with Crippen molar-refractivity contribution in [3.63, 3.8) is 0 Å². The molecule has 0 atom stereocenters. The quantitative estimate of drug-likeness (QED) is 0.370. The average Bonchev–Trinajstić information content (AvgIpc) is 2.82. The van der Waals surface area contributed by atoms with Crippen molar-refractivity contribution in [2.24, 2.45) is 5.84 Å². The largest absolute Gasteiger partial charge is 0.475 e. The Kier molecular flexibility index (Phi) is 3.68. The van der Waals surface area contributed by atoms with Crippen molar-refractivity contribution in [1.82, 2.24) is 20.2 Å². The highest BCUT2D eigenvalue weighted by Crippen LogP contribution is 2.21. The van der Waals surface area contributed by atoms with Gasteiger partial charge in [0.05, 0.1) is 12.8 Å². The van der Waals surface area contributed by atoms with Crippen molar-refractivity contribution in [3.8, 4) is 5.88 Å². The molecule has 0 fully saturated rings. The highest BCUT2D eigenvalue weighted by atomic mass is 16.5. The first kappa shape index (κ1) is 11.6. The third-order valence-corrected chi connectivity index (χ3v) is 2.07. The average molecular weight is 238 g/mol. The number of aromatic nitrogens is 4. The molecule has 0 saturated carbocycles. The minimum atomic E-state index is 0.271. The maximum Gasteiger partial charge on any atom is 0.242 e. The minimum absolute atomic E-state index is 0.271. The summed E-state index contributed by atoms with van der Waals surface area (Å²) in [5, 5.41) is 7.31. The van der Waals surface area contributed by atoms with Crippen LogP contribution in [0.3, 0.4) is 0 Å². The summed E-state index contributed by atoms with van der Waals surface area (Å²) < 4.78 is 10.7. The molecule has 8 nitrogen and oxygen atoms in total. The molecule has 0 aliphatic heterocycles. The van der Waals surface area contributed by atoms with Gasteiger partial charge in [0.2, 0.25) is 11.8 Å². The van der Waals surface area contributed by atoms with Crippen molar-refractivity contribution >= 4 is 17.0 Å². The van der Waals surface area contributed by atoms with E-state index in [1.165, 1.54) is 0 Å². The summed E-state index contributed by atoms with van der Waals surface area (Å²) in [4.78, 5) is 8.19. The van der Waals surface area contributed by atoms with Crippen LogP contribution >= 0.6 is 0 Å². The first-order valence-corrected chi connectivity index (χ1v) is 5.23. The van der Waals surface area contributed by atoms with Crippen LogP contribution < -0.4 is 16.0 Å². The molecule has 0 amide bonds. The van der Waals surface area contributed by atoms with E-state index in [0.29, 0.717) is 36.7 Å². The van der Waals surface area contributed by atoms with Crippen LogP contribution in [-0.2, 0) is 4.74 Å². The molecule has 0 saturated heterocycles. The lowest BCUT2D eigenvalue weighted by atomic mass is 10.4. The molecule has 0 bridgehead atoms. The number of aromatic amines is 1. The highest BCUT2D eigenvalue weighted by Gasteiger charge is 2.09. The Morgan fingerprint density at radius 1 is 1.41 bits per heavy atom. The summed E-state index contributed by atoms with van der Waals surface area (Å²) >= 11 is 0. The van der Waals surface area contributed by atoms with Crippen LogP contribution in [0.15, 0.2) is 6.20 Å². The molecule has 17 heavy (non-hydrogen) atoms. The Hall–Kier alpha value is -1.93. The number of nitrogens with two attached hydrogens (primary N) is 1. The Bertz CT molecular complexity index is 485. The van der Waals surface area contributed by atoms with Gasteiger partial charge in [-0.2, -0.15) is 15.1 Å². The van der Waals surface area contributed by atoms with E-state index in [1.807, 2.05) is 6.92 Å². The molecule has 4 N–H and O–H groups in total. The number of fused-ring (bicyclic) bond motifs is 1. The molecule has 8 heteroatoms. The number of H-pyrrole nitrogens is 1. The summed E-state index contributed by atoms with van der Waals surface area (Å²) in [5.74, 6) is 5.96. The van der Waals surface area contributed by atoms with Gasteiger partial charge in [0.1, 0.15) is 12.0 Å². The Balaban J connectivity index is 2.16. The fourth-order valence-electron chi connectivity index (χ4n) is 1.32. The zero-order chi connectivity index (χ0) is 12.1. The highest BCUT2D eigenvalue weighted by molar-refractivity contribution is 5.80. The van der Waals surface area contributed by atoms with Crippen LogP contribution in [0.4, 0.5) is 5.95 Å². The van der Waals surface area contributed by atoms with Crippen LogP contribution in [0.5, 0.6) is 5.88 Å². The second-order valence-corrected chi connectivity index (χ2v) is 3.17. The molecule has 2 heterocycles. The molecular formula is C9H14N6O2. The number of nitrogens with zero attached hydrogens (tertiary/aromatic N) is 3. The maximum atomic E-state index is 5.49. The Morgan fingerprint density at radius 2 is 2.29 bits per heavy atom. The van der Waals surface area contributed by atoms with Gasteiger partial charge in [-0.3, -0.25) is 10.5 Å². The minimum Gasteiger partial charge on any atom is -0.475 e. The maximum absolute atomic E-state index is 5.49. The van der Waals surface area contributed by atoms with Crippen molar-refractivity contribution in [2.45, 2.75) is 6.92 Å². The summed E-state index contributed by atoms with van der Waals surface area (Å²) in [5.41, 5.74) is 2.94. The van der Waals surface area contributed by atoms with E-state index < -0.39 is 0 Å². The molecule has 2 rings (SSSR count). The van der Waals surface area contributed by atoms with Gasteiger partial charge in [-0.15, -0.1) is 0 Å². The molecule has 92 valence electrons. The van der Waals surface area contributed by atoms with Crippen molar-refractivity contribution in [3.05, 3.63) is 6.20 Å². The summed E-state index contributed by atoms with van der Waals surface area (Å²) in [6.07, 6.45) is 1.60. The van der Waals surface area contributed by atoms with Crippen LogP contribution in [0, 0.1) is 0 Å². The second-order valence-electron chi connectivity index (χ2n) is 3.17. The van der Waals surface area contributed by atoms with Crippen molar-refractivity contribution < 1.29 is 9.47 Å². The topological polar surface area (TPSA) is 111 Å². The van der Waals surface area contributed by atoms with Gasteiger partial charge in [0.25, 0.3) is 0 Å². The zero-order valence-corrected chi connectivity index (χ0v) is 9.43. The lowest BCUT2D eigenvalue weighted by Gasteiger charge is -2.07. The number of hydrogen-bond acceptors (Lipinski definition) is 7. The van der Waals surface area contributed by atoms with E-state index in [9.17, 15) is 0 Å². The molecule has 0 spiro atoms. The van der Waals surface area contributed by atoms with E-state index >= 15 is 0 Å². The lowest BCUT2D eigenvalue weighted by molar-refractivity contribution is 0.109. The van der Waals surface area contributed by atoms with E-state index in [1.54, 1.807) is 6.20 Å². The lowest BCUT2D eigenvalue weighted by Crippen LogP contribution is -2.12. The first-order chi connectivity index (χ1) is 8.35. The third-order valence-electron chi connectivity index (χ3n) is 2.07. The summed E-state index contributed by atoms with van der Waals surface area (Å²) in [7, 11) is 0. The molecule has 0 aliphatic rings. The van der Waals surface area contributed by atoms with Crippen LogP contribution in [0.1, 0.15) is 6.92 Å². The summed E-state index contributed by atoms with van der Waals surface area (Å²) in [6, 6.07) is 0. The number of hydrogen-bond donors (Lipinski definition) is 3. The number of nitrogens with one attached hydrogen (secondary N) is 2. The Labute approximate surface area is 97.5 Å². The fraction of sp³-hybridized carbons (Fsp3) is 0.444. The predicted octanol–water partition coefficient (Wildman–Crippen LogP) is 0.0538. The molecule has 2 aromatic heterocycles. The molecule has 0 aromatic carbocycles. The number of anilines is 1. The van der Waals surface area contributed by atoms with Gasteiger partial charge in [-0.25, -0.2) is 5.84 Å². The number of hydrazine groups is 1. The summed E-state index contributed by atoms with van der Waals surface area (Å²) in [6.45, 7) is 3.50. The SMILES string of the molecule is CCOCCOc1nc(NN)nc2[nH]ncc12. The van der Waals surface area contributed by atoms with Crippen LogP contribution in [0.2, 0.25) is 0 Å². The van der Waals surface area contributed by atoms with Crippen LogP contribution in [0.25, 0.3) is 11.0 Å². The molecule has 0 aliphatic carbocycles. The Morgan fingerprint density at radius 3 is 3.06 bits per heavy atom. The van der Waals surface area contributed by atoms with E-state index in [0.717, 1.165) is 0 Å². The monoisotopic (exact) mass is 238 g/mol. The van der Waals surface area contributed by atoms with Crippen LogP contribution in [-0.4, -0.2) is 40.0 Å². The van der Waals surface area contributed by atoms with Crippen molar-refractivity contribution in [1.29, 1.82) is 0 Å². The molecule has 0 unspecified atom stereocenters. The van der Waals surface area contributed by atoms with Gasteiger partial charge in [-0.05, 0) is 6.92 Å². The van der Waals surface area contributed by atoms with Gasteiger partial charge in [-0.1, -0.05) is 0 Å². The number of ether oxygens (including phenoxy) is 2.